The van der Waals surface area contributed by atoms with E-state index in [9.17, 15) is 0 Å². The minimum Gasteiger partial charge on any atom is -0.328 e. The molecule has 2 atom stereocenters. The van der Waals surface area contributed by atoms with Gasteiger partial charge in [-0.1, -0.05) is 156 Å². The molecule has 0 bridgehead atoms. The first-order chi connectivity index (χ1) is 15.9. The predicted octanol–water partition coefficient (Wildman–Crippen LogP) is 11.0. The second kappa shape index (κ2) is 23.7. The lowest BCUT2D eigenvalue weighted by atomic mass is 9.98. The molecule has 0 saturated carbocycles. The van der Waals surface area contributed by atoms with Crippen molar-refractivity contribution in [3.05, 3.63) is 0 Å². The van der Waals surface area contributed by atoms with Gasteiger partial charge in [-0.05, 0) is 12.8 Å². The molecule has 0 rings (SSSR count). The molecule has 0 amide bonds. The van der Waals surface area contributed by atoms with Gasteiger partial charge in [-0.15, -0.1) is 0 Å². The summed E-state index contributed by atoms with van der Waals surface area (Å²) in [6.45, 7) is 12.3. The van der Waals surface area contributed by atoms with Crippen molar-refractivity contribution < 1.29 is 4.48 Å². The van der Waals surface area contributed by atoms with Crippen LogP contribution >= 0.6 is 0 Å². The maximum Gasteiger partial charge on any atom is 0.0808 e. The molecular weight excluding hydrogens is 398 g/mol. The zero-order valence-electron chi connectivity index (χ0n) is 24.6. The van der Waals surface area contributed by atoms with E-state index in [1.54, 1.807) is 0 Å². The first kappa shape index (κ1) is 33.0. The highest BCUT2D eigenvalue weighted by molar-refractivity contribution is 4.58. The van der Waals surface area contributed by atoms with Gasteiger partial charge in [0.25, 0.3) is 0 Å². The zero-order chi connectivity index (χ0) is 24.6. The minimum atomic E-state index is 0.874. The average Bonchev–Trinajstić information content (AvgIpc) is 2.75. The van der Waals surface area contributed by atoms with Crippen molar-refractivity contribution in [2.75, 3.05) is 27.2 Å². The third-order valence-electron chi connectivity index (χ3n) is 7.71. The maximum absolute atomic E-state index is 2.50. The van der Waals surface area contributed by atoms with Crippen LogP contribution in [0.5, 0.6) is 0 Å². The van der Waals surface area contributed by atoms with Crippen molar-refractivity contribution in [3.63, 3.8) is 0 Å². The third kappa shape index (κ3) is 24.9. The van der Waals surface area contributed by atoms with Crippen LogP contribution in [0, 0.1) is 11.8 Å². The fourth-order valence-corrected chi connectivity index (χ4v) is 5.91. The molecule has 2 unspecified atom stereocenters. The minimum absolute atomic E-state index is 0.874. The lowest BCUT2D eigenvalue weighted by Crippen LogP contribution is -2.45. The molecule has 0 aromatic heterocycles. The molecule has 0 aromatic carbocycles. The Morgan fingerprint density at radius 1 is 0.394 bits per heavy atom. The Labute approximate surface area is 212 Å². The summed E-state index contributed by atoms with van der Waals surface area (Å²) in [5.74, 6) is 1.75. The van der Waals surface area contributed by atoms with Crippen LogP contribution in [0.25, 0.3) is 0 Å². The van der Waals surface area contributed by atoms with Crippen molar-refractivity contribution in [1.29, 1.82) is 0 Å². The van der Waals surface area contributed by atoms with Crippen molar-refractivity contribution in [2.24, 2.45) is 11.8 Å². The van der Waals surface area contributed by atoms with Gasteiger partial charge in [0.05, 0.1) is 27.2 Å². The Hall–Kier alpha value is -0.0400. The number of unbranched alkanes of at least 4 members (excludes halogenated alkanes) is 18. The largest absolute Gasteiger partial charge is 0.328 e. The first-order valence-corrected chi connectivity index (χ1v) is 15.7. The van der Waals surface area contributed by atoms with Gasteiger partial charge in [0.1, 0.15) is 0 Å². The normalized spacial score (nSPS) is 14.0. The van der Waals surface area contributed by atoms with E-state index < -0.39 is 0 Å². The summed E-state index contributed by atoms with van der Waals surface area (Å²) >= 11 is 0. The molecule has 200 valence electrons. The number of hydrogen-bond donors (Lipinski definition) is 0. The molecule has 0 aliphatic heterocycles. The van der Waals surface area contributed by atoms with Crippen molar-refractivity contribution in [1.82, 2.24) is 0 Å². The summed E-state index contributed by atoms with van der Waals surface area (Å²) < 4.78 is 1.22. The molecule has 0 aliphatic rings. The topological polar surface area (TPSA) is 0 Å². The molecule has 0 aromatic rings. The Balaban J connectivity index is 3.61. The van der Waals surface area contributed by atoms with Gasteiger partial charge in [-0.2, -0.15) is 0 Å². The smallest absolute Gasteiger partial charge is 0.0808 e. The molecule has 0 spiro atoms. The fourth-order valence-electron chi connectivity index (χ4n) is 5.91. The summed E-state index contributed by atoms with van der Waals surface area (Å²) in [6, 6.07) is 0. The Bertz CT molecular complexity index is 341. The van der Waals surface area contributed by atoms with Gasteiger partial charge in [-0.25, -0.2) is 0 Å². The van der Waals surface area contributed by atoms with Crippen LogP contribution in [0.4, 0.5) is 0 Å². The van der Waals surface area contributed by atoms with E-state index in [0.717, 1.165) is 11.8 Å². The van der Waals surface area contributed by atoms with Gasteiger partial charge in [0.15, 0.2) is 0 Å². The maximum atomic E-state index is 2.50. The van der Waals surface area contributed by atoms with Gasteiger partial charge in [0.2, 0.25) is 0 Å². The van der Waals surface area contributed by atoms with E-state index in [4.69, 9.17) is 0 Å². The van der Waals surface area contributed by atoms with E-state index >= 15 is 0 Å². The highest BCUT2D eigenvalue weighted by atomic mass is 15.3. The Morgan fingerprint density at radius 2 is 0.636 bits per heavy atom. The van der Waals surface area contributed by atoms with Gasteiger partial charge >= 0.3 is 0 Å². The van der Waals surface area contributed by atoms with E-state index in [-0.39, 0.29) is 0 Å². The lowest BCUT2D eigenvalue weighted by Gasteiger charge is -2.35. The van der Waals surface area contributed by atoms with E-state index in [1.807, 2.05) is 0 Å². The van der Waals surface area contributed by atoms with Crippen LogP contribution in [-0.4, -0.2) is 31.7 Å². The molecule has 0 fully saturated rings. The molecule has 0 N–H and O–H groups in total. The van der Waals surface area contributed by atoms with Crippen LogP contribution in [0.15, 0.2) is 0 Å². The molecule has 0 heterocycles. The van der Waals surface area contributed by atoms with Gasteiger partial charge < -0.3 is 4.48 Å². The van der Waals surface area contributed by atoms with Crippen molar-refractivity contribution in [3.8, 4) is 0 Å². The molecule has 33 heavy (non-hydrogen) atoms. The number of nitrogens with zero attached hydrogens (tertiary/aromatic N) is 1. The average molecular weight is 467 g/mol. The summed E-state index contributed by atoms with van der Waals surface area (Å²) in [4.78, 5) is 0. The summed E-state index contributed by atoms with van der Waals surface area (Å²) in [6.07, 6.45) is 31.9. The highest BCUT2D eigenvalue weighted by Gasteiger charge is 2.22. The second-order valence-electron chi connectivity index (χ2n) is 12.5. The highest BCUT2D eigenvalue weighted by Crippen LogP contribution is 2.20. The standard InChI is InChI=1S/C32H68N/c1-7-9-11-13-15-17-19-21-23-25-27-31(3)29-33(5,6)30-32(4)28-26-24-22-20-18-16-14-12-10-8-2/h31-32H,7-30H2,1-6H3/q+1. The van der Waals surface area contributed by atoms with Crippen LogP contribution in [0.3, 0.4) is 0 Å². The van der Waals surface area contributed by atoms with Crippen LogP contribution in [0.2, 0.25) is 0 Å². The lowest BCUT2D eigenvalue weighted by molar-refractivity contribution is -0.896. The summed E-state index contributed by atoms with van der Waals surface area (Å²) in [5.41, 5.74) is 0. The van der Waals surface area contributed by atoms with E-state index in [0.29, 0.717) is 0 Å². The number of hydrogen-bond acceptors (Lipinski definition) is 0. The Kier molecular flexibility index (Phi) is 23.7. The molecule has 1 heteroatoms. The molecular formula is C32H68N+. The SMILES string of the molecule is CCCCCCCCCCCCC(C)C[N+](C)(C)CC(C)CCCCCCCCCCCC. The van der Waals surface area contributed by atoms with Crippen LogP contribution < -0.4 is 0 Å². The van der Waals surface area contributed by atoms with Crippen molar-refractivity contribution >= 4 is 0 Å². The quantitative estimate of drug-likeness (QED) is 0.0878. The van der Waals surface area contributed by atoms with Crippen LogP contribution in [0.1, 0.15) is 169 Å². The van der Waals surface area contributed by atoms with Crippen LogP contribution in [-0.2, 0) is 0 Å². The van der Waals surface area contributed by atoms with Crippen molar-refractivity contribution in [2.45, 2.75) is 169 Å². The predicted molar refractivity (Wildman–Crippen MR) is 153 cm³/mol. The van der Waals surface area contributed by atoms with E-state index in [2.05, 4.69) is 41.8 Å². The second-order valence-corrected chi connectivity index (χ2v) is 12.5. The molecule has 0 saturated heterocycles. The molecule has 0 radical (unpaired) electrons. The molecule has 0 aliphatic carbocycles. The fraction of sp³-hybridized carbons (Fsp3) is 1.00. The summed E-state index contributed by atoms with van der Waals surface area (Å²) in [5, 5.41) is 0. The number of rotatable bonds is 26. The monoisotopic (exact) mass is 467 g/mol. The summed E-state index contributed by atoms with van der Waals surface area (Å²) in [7, 11) is 4.95. The first-order valence-electron chi connectivity index (χ1n) is 15.7. The van der Waals surface area contributed by atoms with E-state index in [1.165, 1.54) is 159 Å². The molecule has 1 nitrogen and oxygen atoms in total. The number of quaternary nitrogens is 1. The zero-order valence-corrected chi connectivity index (χ0v) is 24.6. The van der Waals surface area contributed by atoms with Gasteiger partial charge in [-0.3, -0.25) is 0 Å². The third-order valence-corrected chi connectivity index (χ3v) is 7.71. The Morgan fingerprint density at radius 3 is 0.909 bits per heavy atom. The van der Waals surface area contributed by atoms with Gasteiger partial charge in [0, 0.05) is 11.8 Å².